The van der Waals surface area contributed by atoms with Crippen molar-refractivity contribution in [2.45, 2.75) is 45.1 Å². The van der Waals surface area contributed by atoms with Gasteiger partial charge in [0.1, 0.15) is 12.6 Å². The molecule has 0 saturated carbocycles. The summed E-state index contributed by atoms with van der Waals surface area (Å²) in [6.45, 7) is 2.54. The summed E-state index contributed by atoms with van der Waals surface area (Å²) in [5, 5.41) is 2.64. The second kappa shape index (κ2) is 13.8. The van der Waals surface area contributed by atoms with Crippen LogP contribution in [0.3, 0.4) is 0 Å². The number of carbonyl (C=O) groups is 2. The first-order valence-electron chi connectivity index (χ1n) is 12.8. The van der Waals surface area contributed by atoms with Gasteiger partial charge in [-0.15, -0.1) is 0 Å². The molecule has 3 rings (SSSR count). The van der Waals surface area contributed by atoms with E-state index in [1.165, 1.54) is 4.90 Å². The number of nitrogens with one attached hydrogen (secondary N) is 1. The third kappa shape index (κ3) is 9.11. The van der Waals surface area contributed by atoms with E-state index in [1.54, 1.807) is 68.4 Å². The third-order valence-corrected chi connectivity index (χ3v) is 7.91. The van der Waals surface area contributed by atoms with E-state index in [2.05, 4.69) is 5.32 Å². The lowest BCUT2D eigenvalue weighted by Gasteiger charge is -2.34. The summed E-state index contributed by atoms with van der Waals surface area (Å²) in [5.41, 5.74) is -0.318. The molecule has 3 aromatic carbocycles. The highest BCUT2D eigenvalue weighted by Crippen LogP contribution is 2.37. The van der Waals surface area contributed by atoms with Gasteiger partial charge < -0.3 is 10.2 Å². The van der Waals surface area contributed by atoms with E-state index in [1.807, 2.05) is 0 Å². The van der Waals surface area contributed by atoms with Crippen molar-refractivity contribution in [1.82, 2.24) is 10.2 Å². The standard InChI is InChI=1S/C29H30Cl2F3N3O4S/c1-19(2)35-28(39)26(15-20-7-5-4-6-8-20)36(17-21-9-11-22(30)12-10-21)27(38)18-37(42(3,40)41)23-13-14-25(31)24(16-23)29(32,33)34/h4-14,16,19,26H,15,17-18H2,1-3H3,(H,35,39). The Morgan fingerprint density at radius 2 is 1.55 bits per heavy atom. The highest BCUT2D eigenvalue weighted by molar-refractivity contribution is 7.92. The predicted molar refractivity (Wildman–Crippen MR) is 158 cm³/mol. The Kier molecular flexibility index (Phi) is 10.9. The third-order valence-electron chi connectivity index (χ3n) is 6.19. The van der Waals surface area contributed by atoms with Crippen molar-refractivity contribution >= 4 is 50.7 Å². The minimum absolute atomic E-state index is 0.0940. The predicted octanol–water partition coefficient (Wildman–Crippen LogP) is 5.94. The molecule has 0 spiro atoms. The minimum Gasteiger partial charge on any atom is -0.352 e. The molecule has 0 bridgehead atoms. The number of benzene rings is 3. The molecular weight excluding hydrogens is 614 g/mol. The molecule has 0 radical (unpaired) electrons. The van der Waals surface area contributed by atoms with Crippen LogP contribution in [0, 0.1) is 0 Å². The van der Waals surface area contributed by atoms with E-state index in [4.69, 9.17) is 23.2 Å². The van der Waals surface area contributed by atoms with Crippen molar-refractivity contribution in [3.8, 4) is 0 Å². The fourth-order valence-corrected chi connectivity index (χ4v) is 5.41. The van der Waals surface area contributed by atoms with Crippen LogP contribution in [0.15, 0.2) is 72.8 Å². The van der Waals surface area contributed by atoms with E-state index in [-0.39, 0.29) is 19.0 Å². The fourth-order valence-electron chi connectivity index (χ4n) is 4.22. The largest absolute Gasteiger partial charge is 0.417 e. The number of halogens is 5. The molecule has 1 unspecified atom stereocenters. The van der Waals surface area contributed by atoms with Gasteiger partial charge in [-0.1, -0.05) is 65.7 Å². The maximum atomic E-state index is 14.0. The monoisotopic (exact) mass is 643 g/mol. The molecule has 0 aliphatic carbocycles. The van der Waals surface area contributed by atoms with Gasteiger partial charge in [0, 0.05) is 24.0 Å². The molecule has 42 heavy (non-hydrogen) atoms. The summed E-state index contributed by atoms with van der Waals surface area (Å²) in [6, 6.07) is 16.7. The van der Waals surface area contributed by atoms with Gasteiger partial charge in [-0.2, -0.15) is 13.2 Å². The van der Waals surface area contributed by atoms with Gasteiger partial charge in [0.05, 0.1) is 22.5 Å². The van der Waals surface area contributed by atoms with Crippen molar-refractivity contribution in [2.24, 2.45) is 0 Å². The number of hydrogen-bond acceptors (Lipinski definition) is 4. The maximum absolute atomic E-state index is 14.0. The molecule has 0 saturated heterocycles. The Morgan fingerprint density at radius 3 is 2.10 bits per heavy atom. The quantitative estimate of drug-likeness (QED) is 0.280. The first kappa shape index (κ1) is 33.2. The van der Waals surface area contributed by atoms with Gasteiger partial charge in [0.15, 0.2) is 0 Å². The van der Waals surface area contributed by atoms with E-state index >= 15 is 0 Å². The van der Waals surface area contributed by atoms with Gasteiger partial charge in [-0.25, -0.2) is 8.42 Å². The number of carbonyl (C=O) groups excluding carboxylic acids is 2. The van der Waals surface area contributed by atoms with Crippen molar-refractivity contribution < 1.29 is 31.2 Å². The number of rotatable bonds is 11. The summed E-state index contributed by atoms with van der Waals surface area (Å²) in [6.07, 6.45) is -3.99. The molecule has 1 atom stereocenters. The summed E-state index contributed by atoms with van der Waals surface area (Å²) in [5.74, 6) is -1.29. The SMILES string of the molecule is CC(C)NC(=O)C(Cc1ccccc1)N(Cc1ccc(Cl)cc1)C(=O)CN(c1ccc(Cl)c(C(F)(F)F)c1)S(C)(=O)=O. The Bertz CT molecular complexity index is 1500. The van der Waals surface area contributed by atoms with Gasteiger partial charge in [-0.3, -0.25) is 13.9 Å². The van der Waals surface area contributed by atoms with Crippen LogP contribution in [-0.4, -0.2) is 50.0 Å². The number of nitrogens with zero attached hydrogens (tertiary/aromatic N) is 2. The first-order chi connectivity index (χ1) is 19.6. The highest BCUT2D eigenvalue weighted by Gasteiger charge is 2.36. The molecule has 0 aliphatic rings. The molecule has 0 heterocycles. The van der Waals surface area contributed by atoms with Crippen LogP contribution in [0.5, 0.6) is 0 Å². The minimum atomic E-state index is -4.86. The number of alkyl halides is 3. The summed E-state index contributed by atoms with van der Waals surface area (Å²) < 4.78 is 66.9. The molecule has 2 amide bonds. The zero-order valence-electron chi connectivity index (χ0n) is 23.0. The number of anilines is 1. The van der Waals surface area contributed by atoms with Crippen LogP contribution >= 0.6 is 23.2 Å². The normalized spacial score (nSPS) is 12.6. The van der Waals surface area contributed by atoms with Gasteiger partial charge >= 0.3 is 6.18 Å². The van der Waals surface area contributed by atoms with E-state index in [0.29, 0.717) is 21.0 Å². The van der Waals surface area contributed by atoms with Crippen LogP contribution in [0.4, 0.5) is 18.9 Å². The second-order valence-corrected chi connectivity index (χ2v) is 12.7. The zero-order chi connectivity index (χ0) is 31.2. The van der Waals surface area contributed by atoms with Crippen LogP contribution in [0.1, 0.15) is 30.5 Å². The molecule has 226 valence electrons. The van der Waals surface area contributed by atoms with Gasteiger partial charge in [-0.05, 0) is 55.3 Å². The van der Waals surface area contributed by atoms with Crippen LogP contribution < -0.4 is 9.62 Å². The van der Waals surface area contributed by atoms with Crippen LogP contribution in [0.25, 0.3) is 0 Å². The first-order valence-corrected chi connectivity index (χ1v) is 15.4. The number of sulfonamides is 1. The highest BCUT2D eigenvalue weighted by atomic mass is 35.5. The fraction of sp³-hybridized carbons (Fsp3) is 0.310. The summed E-state index contributed by atoms with van der Waals surface area (Å²) in [7, 11) is -4.27. The smallest absolute Gasteiger partial charge is 0.352 e. The number of hydrogen-bond donors (Lipinski definition) is 1. The molecule has 7 nitrogen and oxygen atoms in total. The van der Waals surface area contributed by atoms with Crippen LogP contribution in [0.2, 0.25) is 10.0 Å². The lowest BCUT2D eigenvalue weighted by molar-refractivity contribution is -0.140. The van der Waals surface area contributed by atoms with Gasteiger partial charge in [0.25, 0.3) is 0 Å². The van der Waals surface area contributed by atoms with Crippen molar-refractivity contribution in [3.63, 3.8) is 0 Å². The van der Waals surface area contributed by atoms with Crippen molar-refractivity contribution in [1.29, 1.82) is 0 Å². The molecule has 0 fully saturated rings. The summed E-state index contributed by atoms with van der Waals surface area (Å²) in [4.78, 5) is 28.7. The second-order valence-electron chi connectivity index (χ2n) is 9.95. The molecule has 13 heteroatoms. The Labute approximate surface area is 253 Å². The van der Waals surface area contributed by atoms with Crippen molar-refractivity contribution in [2.75, 3.05) is 17.1 Å². The number of amides is 2. The molecule has 1 N–H and O–H groups in total. The Hall–Kier alpha value is -3.28. The topological polar surface area (TPSA) is 86.8 Å². The summed E-state index contributed by atoms with van der Waals surface area (Å²) >= 11 is 11.8. The zero-order valence-corrected chi connectivity index (χ0v) is 25.4. The molecule has 0 aromatic heterocycles. The van der Waals surface area contributed by atoms with E-state index < -0.39 is 56.9 Å². The molecule has 3 aromatic rings. The lowest BCUT2D eigenvalue weighted by atomic mass is 10.0. The van der Waals surface area contributed by atoms with Crippen molar-refractivity contribution in [3.05, 3.63) is 99.5 Å². The lowest BCUT2D eigenvalue weighted by Crippen LogP contribution is -2.54. The maximum Gasteiger partial charge on any atom is 0.417 e. The van der Waals surface area contributed by atoms with Gasteiger partial charge in [0.2, 0.25) is 21.8 Å². The molecular formula is C29H30Cl2F3N3O4S. The molecule has 0 aliphatic heterocycles. The average molecular weight is 645 g/mol. The Morgan fingerprint density at radius 1 is 0.929 bits per heavy atom. The average Bonchev–Trinajstić information content (AvgIpc) is 2.89. The van der Waals surface area contributed by atoms with E-state index in [0.717, 1.165) is 24.0 Å². The Balaban J connectivity index is 2.09. The van der Waals surface area contributed by atoms with Crippen LogP contribution in [-0.2, 0) is 38.8 Å². The van der Waals surface area contributed by atoms with E-state index in [9.17, 15) is 31.2 Å².